The van der Waals surface area contributed by atoms with Crippen molar-refractivity contribution in [2.45, 2.75) is 26.2 Å². The van der Waals surface area contributed by atoms with E-state index in [1.165, 1.54) is 25.6 Å². The van der Waals surface area contributed by atoms with Crippen LogP contribution in [0.25, 0.3) is 0 Å². The molecule has 188 valence electrons. The van der Waals surface area contributed by atoms with Gasteiger partial charge in [-0.15, -0.1) is 11.3 Å². The molecule has 1 unspecified atom stereocenters. The lowest BCUT2D eigenvalue weighted by molar-refractivity contribution is -0.118. The number of fused-ring (bicyclic) bond motifs is 1. The molecular weight excluding hydrogens is 480 g/mol. The number of esters is 1. The molecule has 9 heteroatoms. The summed E-state index contributed by atoms with van der Waals surface area (Å²) in [5.41, 5.74) is 2.42. The predicted octanol–water partition coefficient (Wildman–Crippen LogP) is 4.94. The molecule has 1 aromatic heterocycles. The van der Waals surface area contributed by atoms with E-state index >= 15 is 0 Å². The van der Waals surface area contributed by atoms with Gasteiger partial charge < -0.3 is 24.8 Å². The Kier molecular flexibility index (Phi) is 7.90. The van der Waals surface area contributed by atoms with Crippen LogP contribution in [0.2, 0.25) is 0 Å². The van der Waals surface area contributed by atoms with E-state index in [-0.39, 0.29) is 18.4 Å². The minimum atomic E-state index is -0.444. The maximum atomic E-state index is 12.6. The predicted molar refractivity (Wildman–Crippen MR) is 138 cm³/mol. The Hall–Kier alpha value is -3.85. The second kappa shape index (κ2) is 11.3. The zero-order valence-corrected chi connectivity index (χ0v) is 21.2. The average Bonchev–Trinajstić information content (AvgIpc) is 3.24. The average molecular weight is 509 g/mol. The molecule has 8 nitrogen and oxygen atoms in total. The molecule has 2 N–H and O–H groups in total. The summed E-state index contributed by atoms with van der Waals surface area (Å²) in [6.45, 7) is 1.94. The maximum Gasteiger partial charge on any atom is 0.341 e. The highest BCUT2D eigenvalue weighted by atomic mass is 32.1. The normalized spacial score (nSPS) is 14.4. The van der Waals surface area contributed by atoms with Crippen molar-refractivity contribution >= 4 is 39.8 Å². The minimum Gasteiger partial charge on any atom is -0.495 e. The van der Waals surface area contributed by atoms with E-state index in [9.17, 15) is 14.4 Å². The molecule has 0 fully saturated rings. The van der Waals surface area contributed by atoms with Crippen LogP contribution in [-0.4, -0.2) is 38.6 Å². The number of hydrogen-bond donors (Lipinski definition) is 2. The smallest absolute Gasteiger partial charge is 0.341 e. The Morgan fingerprint density at radius 1 is 1.03 bits per heavy atom. The third-order valence-electron chi connectivity index (χ3n) is 6.00. The first-order chi connectivity index (χ1) is 17.4. The van der Waals surface area contributed by atoms with Gasteiger partial charge in [0.05, 0.1) is 25.5 Å². The molecule has 0 radical (unpaired) electrons. The van der Waals surface area contributed by atoms with Crippen LogP contribution in [0.1, 0.15) is 44.5 Å². The highest BCUT2D eigenvalue weighted by molar-refractivity contribution is 7.17. The summed E-state index contributed by atoms with van der Waals surface area (Å²) in [5, 5.41) is 6.12. The molecule has 36 heavy (non-hydrogen) atoms. The number of methoxy groups -OCH3 is 2. The fourth-order valence-corrected chi connectivity index (χ4v) is 5.53. The molecule has 0 saturated carbocycles. The van der Waals surface area contributed by atoms with E-state index in [1.807, 2.05) is 6.07 Å². The molecule has 1 aliphatic rings. The van der Waals surface area contributed by atoms with Gasteiger partial charge in [-0.25, -0.2) is 4.79 Å². The molecule has 0 saturated heterocycles. The monoisotopic (exact) mass is 508 g/mol. The number of amides is 2. The number of carbonyl (C=O) groups is 3. The van der Waals surface area contributed by atoms with Gasteiger partial charge in [-0.2, -0.15) is 0 Å². The number of nitrogens with one attached hydrogen (secondary N) is 2. The molecule has 1 aliphatic carbocycles. The summed E-state index contributed by atoms with van der Waals surface area (Å²) < 4.78 is 15.8. The molecule has 4 rings (SSSR count). The van der Waals surface area contributed by atoms with Crippen molar-refractivity contribution in [3.05, 3.63) is 70.1 Å². The fraction of sp³-hybridized carbons (Fsp3) is 0.296. The van der Waals surface area contributed by atoms with Crippen LogP contribution < -0.4 is 20.1 Å². The first-order valence-electron chi connectivity index (χ1n) is 11.6. The lowest BCUT2D eigenvalue weighted by atomic mass is 9.88. The third kappa shape index (κ3) is 5.68. The van der Waals surface area contributed by atoms with Gasteiger partial charge in [-0.3, -0.25) is 9.59 Å². The summed E-state index contributed by atoms with van der Waals surface area (Å²) in [7, 11) is 2.88. The third-order valence-corrected chi connectivity index (χ3v) is 7.17. The number of benzene rings is 2. The van der Waals surface area contributed by atoms with Crippen LogP contribution in [0, 0.1) is 5.92 Å². The van der Waals surface area contributed by atoms with Crippen LogP contribution in [0.4, 0.5) is 10.7 Å². The first kappa shape index (κ1) is 25.2. The summed E-state index contributed by atoms with van der Waals surface area (Å²) in [5.74, 6) is 0.410. The molecule has 0 spiro atoms. The van der Waals surface area contributed by atoms with Crippen LogP contribution in [-0.2, 0) is 22.4 Å². The van der Waals surface area contributed by atoms with Gasteiger partial charge in [0.2, 0.25) is 0 Å². The quantitative estimate of drug-likeness (QED) is 0.418. The number of hydrogen-bond acceptors (Lipinski definition) is 7. The zero-order valence-electron chi connectivity index (χ0n) is 20.4. The highest BCUT2D eigenvalue weighted by Gasteiger charge is 2.29. The van der Waals surface area contributed by atoms with E-state index in [0.717, 1.165) is 29.7 Å². The molecule has 2 aromatic carbocycles. The molecule has 0 aliphatic heterocycles. The van der Waals surface area contributed by atoms with E-state index in [0.29, 0.717) is 39.2 Å². The number of anilines is 2. The van der Waals surface area contributed by atoms with Crippen molar-refractivity contribution in [3.63, 3.8) is 0 Å². The van der Waals surface area contributed by atoms with Crippen molar-refractivity contribution < 1.29 is 28.6 Å². The number of carbonyl (C=O) groups excluding carboxylic acids is 3. The van der Waals surface area contributed by atoms with Gasteiger partial charge in [0.1, 0.15) is 16.5 Å². The van der Waals surface area contributed by atoms with E-state index in [2.05, 4.69) is 17.6 Å². The number of ether oxygens (including phenoxy) is 3. The van der Waals surface area contributed by atoms with Crippen LogP contribution in [0.15, 0.2) is 48.5 Å². The van der Waals surface area contributed by atoms with Crippen molar-refractivity contribution in [1.29, 1.82) is 0 Å². The summed E-state index contributed by atoms with van der Waals surface area (Å²) in [6.07, 6.45) is 2.67. The fourth-order valence-electron chi connectivity index (χ4n) is 4.11. The summed E-state index contributed by atoms with van der Waals surface area (Å²) in [4.78, 5) is 38.7. The Morgan fingerprint density at radius 3 is 2.50 bits per heavy atom. The van der Waals surface area contributed by atoms with Crippen LogP contribution >= 0.6 is 11.3 Å². The Balaban J connectivity index is 1.36. The lowest BCUT2D eigenvalue weighted by Crippen LogP contribution is -2.21. The van der Waals surface area contributed by atoms with Crippen molar-refractivity contribution in [2.24, 2.45) is 5.92 Å². The number of thiophene rings is 1. The minimum absolute atomic E-state index is 0.244. The zero-order chi connectivity index (χ0) is 25.7. The van der Waals surface area contributed by atoms with E-state index in [1.54, 1.807) is 42.5 Å². The molecule has 2 amide bonds. The van der Waals surface area contributed by atoms with Crippen molar-refractivity contribution in [3.8, 4) is 11.5 Å². The second-order valence-corrected chi connectivity index (χ2v) is 9.67. The van der Waals surface area contributed by atoms with Crippen molar-refractivity contribution in [2.75, 3.05) is 31.5 Å². The lowest BCUT2D eigenvalue weighted by Gasteiger charge is -2.18. The molecule has 1 atom stereocenters. The molecule has 1 heterocycles. The Labute approximate surface area is 213 Å². The Morgan fingerprint density at radius 2 is 1.78 bits per heavy atom. The van der Waals surface area contributed by atoms with Gasteiger partial charge in [-0.1, -0.05) is 19.1 Å². The van der Waals surface area contributed by atoms with Crippen LogP contribution in [0.3, 0.4) is 0 Å². The summed E-state index contributed by atoms with van der Waals surface area (Å²) in [6, 6.07) is 13.6. The SMILES string of the molecule is COC(=O)c1c(NC(=O)COc2ccc(C(=O)Nc3ccccc3OC)cc2)sc2c1CCC(C)C2. The second-order valence-electron chi connectivity index (χ2n) is 8.56. The van der Waals surface area contributed by atoms with Gasteiger partial charge in [-0.05, 0) is 67.1 Å². The van der Waals surface area contributed by atoms with Crippen LogP contribution in [0.5, 0.6) is 11.5 Å². The summed E-state index contributed by atoms with van der Waals surface area (Å²) >= 11 is 1.43. The molecular formula is C27H28N2O6S. The Bertz CT molecular complexity index is 1270. The molecule has 3 aromatic rings. The maximum absolute atomic E-state index is 12.6. The standard InChI is InChI=1S/C27H28N2O6S/c1-16-8-13-19-22(14-16)36-26(24(19)27(32)34-3)29-23(30)15-35-18-11-9-17(10-12-18)25(31)28-20-6-4-5-7-21(20)33-2/h4-7,9-12,16H,8,13-15H2,1-3H3,(H,28,31)(H,29,30). The topological polar surface area (TPSA) is 103 Å². The number of rotatable bonds is 8. The number of para-hydroxylation sites is 2. The molecule has 0 bridgehead atoms. The van der Waals surface area contributed by atoms with Gasteiger partial charge in [0, 0.05) is 10.4 Å². The van der Waals surface area contributed by atoms with Gasteiger partial charge in [0.25, 0.3) is 11.8 Å². The van der Waals surface area contributed by atoms with Crippen molar-refractivity contribution in [1.82, 2.24) is 0 Å². The van der Waals surface area contributed by atoms with Gasteiger partial charge >= 0.3 is 5.97 Å². The largest absolute Gasteiger partial charge is 0.495 e. The highest BCUT2D eigenvalue weighted by Crippen LogP contribution is 2.40. The van der Waals surface area contributed by atoms with Gasteiger partial charge in [0.15, 0.2) is 6.61 Å². The van der Waals surface area contributed by atoms with E-state index in [4.69, 9.17) is 14.2 Å². The first-order valence-corrected chi connectivity index (χ1v) is 12.4. The van der Waals surface area contributed by atoms with E-state index < -0.39 is 5.97 Å².